The minimum Gasteiger partial charge on any atom is -1.00 e. The van der Waals surface area contributed by atoms with Crippen LogP contribution in [0.4, 0.5) is 0 Å². The van der Waals surface area contributed by atoms with Crippen molar-refractivity contribution in [2.75, 3.05) is 0 Å². The van der Waals surface area contributed by atoms with Crippen molar-refractivity contribution in [3.63, 3.8) is 0 Å². The first kappa shape index (κ1) is 16.5. The summed E-state index contributed by atoms with van der Waals surface area (Å²) in [5.74, 6) is 0. The molecule has 0 aromatic heterocycles. The van der Waals surface area contributed by atoms with Gasteiger partial charge in [0.25, 0.3) is 0 Å². The topological polar surface area (TPSA) is 0 Å². The fourth-order valence-corrected chi connectivity index (χ4v) is 0.500. The van der Waals surface area contributed by atoms with Crippen molar-refractivity contribution in [1.29, 1.82) is 0 Å². The van der Waals surface area contributed by atoms with E-state index in [9.17, 15) is 0 Å². The van der Waals surface area contributed by atoms with Gasteiger partial charge >= 0.3 is 59.1 Å². The maximum absolute atomic E-state index is 2.23. The van der Waals surface area contributed by atoms with Crippen LogP contribution in [-0.2, 0) is 0 Å². The van der Waals surface area contributed by atoms with Gasteiger partial charge in [0.15, 0.2) is 0 Å². The van der Waals surface area contributed by atoms with Crippen LogP contribution in [0.3, 0.4) is 0 Å². The molecule has 0 radical (unpaired) electrons. The summed E-state index contributed by atoms with van der Waals surface area (Å²) in [6.45, 7) is 4.46. The maximum Gasteiger partial charge on any atom is 1.00 e. The van der Waals surface area contributed by atoms with E-state index in [-0.39, 0.29) is 62.0 Å². The molecule has 0 fully saturated rings. The fraction of sp³-hybridized carbons (Fsp3) is 1.00. The van der Waals surface area contributed by atoms with Gasteiger partial charge in [-0.2, -0.15) is 0 Å². The number of unbranched alkanes of at least 4 members (excludes halogenated alkanes) is 3. The zero-order valence-electron chi connectivity index (χ0n) is 8.83. The second-order valence-electron chi connectivity index (χ2n) is 1.71. The van der Waals surface area contributed by atoms with Crippen LogP contribution in [0.1, 0.15) is 42.4 Å². The summed E-state index contributed by atoms with van der Waals surface area (Å²) in [6.07, 6.45) is 5.54. The summed E-state index contributed by atoms with van der Waals surface area (Å²) >= 11 is 0. The molecule has 0 aliphatic rings. The average Bonchev–Trinajstić information content (AvgIpc) is 1.61. The van der Waals surface area contributed by atoms with Gasteiger partial charge in [-0.05, 0) is 0 Å². The van der Waals surface area contributed by atoms with Crippen LogP contribution in [0.25, 0.3) is 0 Å². The van der Waals surface area contributed by atoms with Crippen molar-refractivity contribution in [3.05, 3.63) is 0 Å². The predicted molar refractivity (Wildman–Crippen MR) is 32.0 cm³/mol. The van der Waals surface area contributed by atoms with Gasteiger partial charge in [0.2, 0.25) is 0 Å². The molecule has 8 heavy (non-hydrogen) atoms. The van der Waals surface area contributed by atoms with Crippen molar-refractivity contribution in [1.82, 2.24) is 0 Å². The minimum absolute atomic E-state index is 0. The van der Waals surface area contributed by atoms with Crippen LogP contribution in [0.5, 0.6) is 0 Å². The molecule has 0 N–H and O–H groups in total. The van der Waals surface area contributed by atoms with Gasteiger partial charge in [0.05, 0.1) is 0 Å². The Bertz CT molecular complexity index is 25.7. The third kappa shape index (κ3) is 15.7. The van der Waals surface area contributed by atoms with Crippen LogP contribution < -0.4 is 59.1 Å². The van der Waals surface area contributed by atoms with Gasteiger partial charge in [-0.25, -0.2) is 0 Å². The Labute approximate surface area is 100 Å². The summed E-state index contributed by atoms with van der Waals surface area (Å²) in [4.78, 5) is 0. The van der Waals surface area contributed by atoms with Crippen molar-refractivity contribution in [2.45, 2.75) is 39.5 Å². The SMILES string of the molecule is CCCCCC.[H-].[H-].[Na+].[Na+]. The molecule has 0 aromatic rings. The summed E-state index contributed by atoms with van der Waals surface area (Å²) < 4.78 is 0. The number of hydrogen-bond acceptors (Lipinski definition) is 0. The van der Waals surface area contributed by atoms with E-state index in [1.165, 1.54) is 25.7 Å². The Balaban J connectivity index is -0.0000000208. The molecule has 42 valence electrons. The molecule has 0 spiro atoms. The third-order valence-corrected chi connectivity index (χ3v) is 0.957. The zero-order chi connectivity index (χ0) is 4.83. The molecule has 0 aliphatic carbocycles. The summed E-state index contributed by atoms with van der Waals surface area (Å²) in [6, 6.07) is 0. The standard InChI is InChI=1S/C6H14.2Na.2H/c1-3-5-6-4-2;;;;/h3-6H2,1-2H3;;;;/q;2*+1;2*-1. The Morgan fingerprint density at radius 2 is 1.12 bits per heavy atom. The van der Waals surface area contributed by atoms with Crippen molar-refractivity contribution >= 4 is 0 Å². The Kier molecular flexibility index (Phi) is 33.1. The van der Waals surface area contributed by atoms with Gasteiger partial charge in [0, 0.05) is 0 Å². The minimum atomic E-state index is 0. The maximum atomic E-state index is 2.23. The molecule has 0 heterocycles. The third-order valence-electron chi connectivity index (χ3n) is 0.957. The van der Waals surface area contributed by atoms with Crippen molar-refractivity contribution in [2.24, 2.45) is 0 Å². The summed E-state index contributed by atoms with van der Waals surface area (Å²) in [5.41, 5.74) is 0. The van der Waals surface area contributed by atoms with Gasteiger partial charge in [0.1, 0.15) is 0 Å². The average molecular weight is 134 g/mol. The molecule has 0 atom stereocenters. The summed E-state index contributed by atoms with van der Waals surface area (Å²) in [7, 11) is 0. The molecule has 0 aliphatic heterocycles. The Morgan fingerprint density at radius 1 is 0.875 bits per heavy atom. The molecule has 0 nitrogen and oxygen atoms in total. The van der Waals surface area contributed by atoms with E-state index in [0.717, 1.165) is 0 Å². The monoisotopic (exact) mass is 134 g/mol. The molecular formula is C6H16Na2. The Hall–Kier alpha value is 2.00. The van der Waals surface area contributed by atoms with E-state index in [2.05, 4.69) is 13.8 Å². The normalized spacial score (nSPS) is 6.75. The van der Waals surface area contributed by atoms with E-state index >= 15 is 0 Å². The molecule has 0 rings (SSSR count). The predicted octanol–water partition coefficient (Wildman–Crippen LogP) is -3.18. The molecular weight excluding hydrogens is 118 g/mol. The molecule has 0 aromatic carbocycles. The van der Waals surface area contributed by atoms with Gasteiger partial charge < -0.3 is 2.85 Å². The van der Waals surface area contributed by atoms with E-state index in [0.29, 0.717) is 0 Å². The largest absolute Gasteiger partial charge is 1.00 e. The van der Waals surface area contributed by atoms with E-state index in [4.69, 9.17) is 0 Å². The molecule has 0 unspecified atom stereocenters. The van der Waals surface area contributed by atoms with Crippen molar-refractivity contribution in [3.8, 4) is 0 Å². The molecule has 0 saturated heterocycles. The molecule has 2 heteroatoms. The second kappa shape index (κ2) is 16.0. The Morgan fingerprint density at radius 3 is 1.25 bits per heavy atom. The molecule has 0 bridgehead atoms. The van der Waals surface area contributed by atoms with Gasteiger partial charge in [-0.3, -0.25) is 0 Å². The summed E-state index contributed by atoms with van der Waals surface area (Å²) in [5, 5.41) is 0. The van der Waals surface area contributed by atoms with Crippen LogP contribution in [0, 0.1) is 0 Å². The zero-order valence-corrected chi connectivity index (χ0v) is 10.8. The second-order valence-corrected chi connectivity index (χ2v) is 1.71. The van der Waals surface area contributed by atoms with Gasteiger partial charge in [-0.15, -0.1) is 0 Å². The number of hydrogen-bond donors (Lipinski definition) is 0. The quantitative estimate of drug-likeness (QED) is 0.282. The van der Waals surface area contributed by atoms with Gasteiger partial charge in [-0.1, -0.05) is 39.5 Å². The van der Waals surface area contributed by atoms with E-state index < -0.39 is 0 Å². The van der Waals surface area contributed by atoms with Crippen LogP contribution in [0.2, 0.25) is 0 Å². The number of rotatable bonds is 3. The first-order chi connectivity index (χ1) is 2.91. The smallest absolute Gasteiger partial charge is 1.00 e. The van der Waals surface area contributed by atoms with Crippen LogP contribution in [-0.4, -0.2) is 0 Å². The van der Waals surface area contributed by atoms with Crippen LogP contribution >= 0.6 is 0 Å². The van der Waals surface area contributed by atoms with E-state index in [1.807, 2.05) is 0 Å². The molecule has 0 saturated carbocycles. The van der Waals surface area contributed by atoms with Crippen LogP contribution in [0.15, 0.2) is 0 Å². The van der Waals surface area contributed by atoms with Crippen molar-refractivity contribution < 1.29 is 62.0 Å². The van der Waals surface area contributed by atoms with E-state index in [1.54, 1.807) is 0 Å². The first-order valence-electron chi connectivity index (χ1n) is 2.91. The molecule has 0 amide bonds. The fourth-order valence-electron chi connectivity index (χ4n) is 0.500. The first-order valence-corrected chi connectivity index (χ1v) is 2.91.